The quantitative estimate of drug-likeness (QED) is 0.644. The zero-order chi connectivity index (χ0) is 23.0. The second-order valence-corrected chi connectivity index (χ2v) is 7.83. The molecule has 2 aromatic carbocycles. The summed E-state index contributed by atoms with van der Waals surface area (Å²) in [5.41, 5.74) is 2.96. The SMILES string of the molecule is CC#CCOC(=O)NC1(C(=O)Nc2ccc(N(CC)CC)cc2)CCc2ccccc2C1. The fraction of sp³-hybridized carbons (Fsp3) is 0.385. The van der Waals surface area contributed by atoms with Gasteiger partial charge in [0.25, 0.3) is 5.91 Å². The minimum atomic E-state index is -1.09. The smallest absolute Gasteiger partial charge is 0.408 e. The first-order valence-corrected chi connectivity index (χ1v) is 11.1. The molecule has 6 nitrogen and oxygen atoms in total. The van der Waals surface area contributed by atoms with Crippen molar-refractivity contribution < 1.29 is 14.3 Å². The van der Waals surface area contributed by atoms with Crippen LogP contribution in [0.15, 0.2) is 48.5 Å². The highest BCUT2D eigenvalue weighted by Crippen LogP contribution is 2.30. The first-order chi connectivity index (χ1) is 15.5. The molecule has 2 amide bonds. The Bertz CT molecular complexity index is 1000. The Hall–Kier alpha value is -3.46. The van der Waals surface area contributed by atoms with E-state index in [1.807, 2.05) is 42.5 Å². The first-order valence-electron chi connectivity index (χ1n) is 11.1. The van der Waals surface area contributed by atoms with E-state index in [1.54, 1.807) is 6.92 Å². The van der Waals surface area contributed by atoms with Crippen molar-refractivity contribution >= 4 is 23.4 Å². The van der Waals surface area contributed by atoms with E-state index < -0.39 is 11.6 Å². The standard InChI is InChI=1S/C26H31N3O3/c1-4-7-18-32-25(31)28-26(17-16-20-10-8-9-11-21(20)19-26)24(30)27-22-12-14-23(15-13-22)29(5-2)6-3/h8-15H,5-6,16-19H2,1-3H3,(H,27,30)(H,28,31). The Kier molecular flexibility index (Phi) is 7.77. The van der Waals surface area contributed by atoms with Crippen LogP contribution in [-0.4, -0.2) is 37.2 Å². The number of carbonyl (C=O) groups is 2. The van der Waals surface area contributed by atoms with E-state index >= 15 is 0 Å². The Morgan fingerprint density at radius 3 is 2.41 bits per heavy atom. The maximum absolute atomic E-state index is 13.5. The van der Waals surface area contributed by atoms with E-state index in [2.05, 4.69) is 47.3 Å². The molecule has 0 saturated carbocycles. The van der Waals surface area contributed by atoms with Crippen LogP contribution >= 0.6 is 0 Å². The Labute approximate surface area is 190 Å². The number of alkyl carbamates (subject to hydrolysis) is 1. The fourth-order valence-corrected chi connectivity index (χ4v) is 4.09. The van der Waals surface area contributed by atoms with Crippen molar-refractivity contribution in [3.8, 4) is 11.8 Å². The largest absolute Gasteiger partial charge is 0.436 e. The predicted octanol–water partition coefficient (Wildman–Crippen LogP) is 4.15. The molecule has 0 spiro atoms. The number of hydrogen-bond donors (Lipinski definition) is 2. The zero-order valence-electron chi connectivity index (χ0n) is 19.0. The molecule has 0 heterocycles. The van der Waals surface area contributed by atoms with Gasteiger partial charge in [-0.2, -0.15) is 0 Å². The van der Waals surface area contributed by atoms with E-state index in [0.29, 0.717) is 24.9 Å². The lowest BCUT2D eigenvalue weighted by molar-refractivity contribution is -0.122. The minimum absolute atomic E-state index is 0.0105. The zero-order valence-corrected chi connectivity index (χ0v) is 19.0. The summed E-state index contributed by atoms with van der Waals surface area (Å²) < 4.78 is 5.16. The van der Waals surface area contributed by atoms with Gasteiger partial charge in [-0.25, -0.2) is 4.79 Å². The molecule has 3 rings (SSSR count). The highest BCUT2D eigenvalue weighted by Gasteiger charge is 2.43. The third-order valence-electron chi connectivity index (χ3n) is 5.91. The topological polar surface area (TPSA) is 70.7 Å². The monoisotopic (exact) mass is 433 g/mol. The number of carbonyl (C=O) groups excluding carboxylic acids is 2. The van der Waals surface area contributed by atoms with Crippen molar-refractivity contribution in [2.24, 2.45) is 0 Å². The third-order valence-corrected chi connectivity index (χ3v) is 5.91. The predicted molar refractivity (Wildman–Crippen MR) is 128 cm³/mol. The minimum Gasteiger partial charge on any atom is -0.436 e. The second kappa shape index (κ2) is 10.7. The van der Waals surface area contributed by atoms with Crippen LogP contribution < -0.4 is 15.5 Å². The molecule has 0 fully saturated rings. The Morgan fingerprint density at radius 1 is 1.06 bits per heavy atom. The second-order valence-electron chi connectivity index (χ2n) is 7.83. The molecule has 1 unspecified atom stereocenters. The molecule has 168 valence electrons. The third kappa shape index (κ3) is 5.42. The summed E-state index contributed by atoms with van der Waals surface area (Å²) in [6.45, 7) is 7.73. The molecule has 6 heteroatoms. The maximum atomic E-state index is 13.5. The van der Waals surface area contributed by atoms with Crippen LogP contribution in [0.5, 0.6) is 0 Å². The number of nitrogens with one attached hydrogen (secondary N) is 2. The van der Waals surface area contributed by atoms with Gasteiger partial charge >= 0.3 is 6.09 Å². The van der Waals surface area contributed by atoms with Crippen LogP contribution in [0.4, 0.5) is 16.2 Å². The number of ether oxygens (including phenoxy) is 1. The average Bonchev–Trinajstić information content (AvgIpc) is 2.81. The van der Waals surface area contributed by atoms with Crippen molar-refractivity contribution in [1.82, 2.24) is 5.32 Å². The van der Waals surface area contributed by atoms with Crippen LogP contribution in [0.1, 0.15) is 38.3 Å². The van der Waals surface area contributed by atoms with Crippen molar-refractivity contribution in [3.63, 3.8) is 0 Å². The Morgan fingerprint density at radius 2 is 1.75 bits per heavy atom. The molecule has 1 atom stereocenters. The molecule has 2 N–H and O–H groups in total. The number of fused-ring (bicyclic) bond motifs is 1. The molecule has 2 aromatic rings. The number of amides is 2. The number of rotatable bonds is 7. The molecular formula is C26H31N3O3. The van der Waals surface area contributed by atoms with E-state index in [1.165, 1.54) is 5.56 Å². The molecular weight excluding hydrogens is 402 g/mol. The summed E-state index contributed by atoms with van der Waals surface area (Å²) in [7, 11) is 0. The van der Waals surface area contributed by atoms with Crippen molar-refractivity contribution in [1.29, 1.82) is 0 Å². The first kappa shape index (κ1) is 23.2. The number of aryl methyl sites for hydroxylation is 1. The summed E-state index contributed by atoms with van der Waals surface area (Å²) in [6, 6.07) is 15.8. The number of nitrogens with zero attached hydrogens (tertiary/aromatic N) is 1. The van der Waals surface area contributed by atoms with Gasteiger partial charge in [0.2, 0.25) is 0 Å². The van der Waals surface area contributed by atoms with E-state index in [9.17, 15) is 9.59 Å². The van der Waals surface area contributed by atoms with Crippen LogP contribution in [0.2, 0.25) is 0 Å². The highest BCUT2D eigenvalue weighted by molar-refractivity contribution is 6.00. The normalized spacial score (nSPS) is 16.7. The van der Waals surface area contributed by atoms with Gasteiger partial charge in [-0.05, 0) is 69.0 Å². The summed E-state index contributed by atoms with van der Waals surface area (Å²) in [6.07, 6.45) is 0.946. The maximum Gasteiger partial charge on any atom is 0.408 e. The van der Waals surface area contributed by atoms with Gasteiger partial charge in [0.05, 0.1) is 0 Å². The van der Waals surface area contributed by atoms with Gasteiger partial charge in [0, 0.05) is 30.9 Å². The van der Waals surface area contributed by atoms with E-state index in [-0.39, 0.29) is 12.5 Å². The number of anilines is 2. The van der Waals surface area contributed by atoms with Gasteiger partial charge in [-0.1, -0.05) is 30.2 Å². The lowest BCUT2D eigenvalue weighted by Crippen LogP contribution is -2.60. The van der Waals surface area contributed by atoms with Gasteiger partial charge in [0.15, 0.2) is 6.61 Å². The van der Waals surface area contributed by atoms with Gasteiger partial charge in [0.1, 0.15) is 5.54 Å². The molecule has 1 aliphatic rings. The summed E-state index contributed by atoms with van der Waals surface area (Å²) >= 11 is 0. The molecule has 0 aromatic heterocycles. The van der Waals surface area contributed by atoms with Crippen LogP contribution in [0.3, 0.4) is 0 Å². The lowest BCUT2D eigenvalue weighted by atomic mass is 9.77. The van der Waals surface area contributed by atoms with E-state index in [4.69, 9.17) is 4.74 Å². The van der Waals surface area contributed by atoms with Crippen molar-refractivity contribution in [2.75, 3.05) is 29.9 Å². The summed E-state index contributed by atoms with van der Waals surface area (Å²) in [5, 5.41) is 5.85. The van der Waals surface area contributed by atoms with Crippen LogP contribution in [0, 0.1) is 11.8 Å². The number of hydrogen-bond acceptors (Lipinski definition) is 4. The molecule has 0 aliphatic heterocycles. The summed E-state index contributed by atoms with van der Waals surface area (Å²) in [4.78, 5) is 28.2. The van der Waals surface area contributed by atoms with Crippen molar-refractivity contribution in [3.05, 3.63) is 59.7 Å². The van der Waals surface area contributed by atoms with E-state index in [0.717, 1.165) is 24.3 Å². The van der Waals surface area contributed by atoms with Crippen LogP contribution in [0.25, 0.3) is 0 Å². The van der Waals surface area contributed by atoms with Crippen LogP contribution in [-0.2, 0) is 22.4 Å². The van der Waals surface area contributed by atoms with Crippen molar-refractivity contribution in [2.45, 2.75) is 45.6 Å². The molecule has 1 aliphatic carbocycles. The van der Waals surface area contributed by atoms with Gasteiger partial charge < -0.3 is 20.3 Å². The molecule has 0 bridgehead atoms. The molecule has 0 radical (unpaired) electrons. The van der Waals surface area contributed by atoms with Gasteiger partial charge in [-0.15, -0.1) is 5.92 Å². The highest BCUT2D eigenvalue weighted by atomic mass is 16.5. The fourth-order valence-electron chi connectivity index (χ4n) is 4.09. The number of benzene rings is 2. The van der Waals surface area contributed by atoms with Gasteiger partial charge in [-0.3, -0.25) is 4.79 Å². The average molecular weight is 434 g/mol. The Balaban J connectivity index is 1.80. The summed E-state index contributed by atoms with van der Waals surface area (Å²) in [5.74, 6) is 5.14. The molecule has 0 saturated heterocycles. The molecule has 32 heavy (non-hydrogen) atoms. The lowest BCUT2D eigenvalue weighted by Gasteiger charge is -2.37.